The van der Waals surface area contributed by atoms with Gasteiger partial charge in [0.25, 0.3) is 0 Å². The van der Waals surface area contributed by atoms with Crippen molar-refractivity contribution in [2.45, 2.75) is 0 Å². The van der Waals surface area contributed by atoms with E-state index in [4.69, 9.17) is 15.0 Å². The molecule has 0 aliphatic heterocycles. The molecule has 262 valence electrons. The Kier molecular flexibility index (Phi) is 7.42. The molecule has 4 aromatic heterocycles. The zero-order valence-electron chi connectivity index (χ0n) is 30.3. The third kappa shape index (κ3) is 5.29. The minimum Gasteiger partial charge on any atom is -0.309 e. The highest BCUT2D eigenvalue weighted by molar-refractivity contribution is 6.12. The molecule has 5 nitrogen and oxygen atoms in total. The van der Waals surface area contributed by atoms with Crippen molar-refractivity contribution < 1.29 is 0 Å². The summed E-state index contributed by atoms with van der Waals surface area (Å²) in [6.45, 7) is 0. The molecule has 0 aliphatic rings. The number of hydrogen-bond donors (Lipinski definition) is 0. The van der Waals surface area contributed by atoms with Gasteiger partial charge >= 0.3 is 0 Å². The third-order valence-corrected chi connectivity index (χ3v) is 10.8. The Morgan fingerprint density at radius 3 is 1.55 bits per heavy atom. The Balaban J connectivity index is 1.05. The fourth-order valence-corrected chi connectivity index (χ4v) is 8.15. The van der Waals surface area contributed by atoms with Gasteiger partial charge in [0.2, 0.25) is 0 Å². The van der Waals surface area contributed by atoms with E-state index < -0.39 is 0 Å². The molecule has 0 bridgehead atoms. The quantitative estimate of drug-likeness (QED) is 0.172. The standard InChI is InChI=1S/C51H33N5/c1-4-15-34(16-5-1)45-32-46(35-17-6-2-7-18-35)54-50(53-45)37-19-14-22-40(29-37)56-48-26-13-11-24-42(48)44-31-38(33-52-51(44)56)36-27-28-49-43(30-36)41-23-10-12-25-47(41)55(49)39-20-8-3-9-21-39/h1-33H. The van der Waals surface area contributed by atoms with Crippen LogP contribution >= 0.6 is 0 Å². The molecule has 0 atom stereocenters. The van der Waals surface area contributed by atoms with Crippen LogP contribution in [0.2, 0.25) is 0 Å². The maximum atomic E-state index is 5.20. The lowest BCUT2D eigenvalue weighted by Crippen LogP contribution is -1.99. The largest absolute Gasteiger partial charge is 0.309 e. The summed E-state index contributed by atoms with van der Waals surface area (Å²) in [5.41, 5.74) is 13.5. The normalized spacial score (nSPS) is 11.6. The Morgan fingerprint density at radius 2 is 0.857 bits per heavy atom. The molecule has 56 heavy (non-hydrogen) atoms. The highest BCUT2D eigenvalue weighted by atomic mass is 15.0. The van der Waals surface area contributed by atoms with Crippen LogP contribution < -0.4 is 0 Å². The third-order valence-electron chi connectivity index (χ3n) is 10.8. The van der Waals surface area contributed by atoms with Gasteiger partial charge in [-0.15, -0.1) is 0 Å². The van der Waals surface area contributed by atoms with Crippen molar-refractivity contribution in [2.24, 2.45) is 0 Å². The molecule has 0 saturated heterocycles. The predicted molar refractivity (Wildman–Crippen MR) is 230 cm³/mol. The minimum atomic E-state index is 0.673. The lowest BCUT2D eigenvalue weighted by Gasteiger charge is -2.12. The molecular weight excluding hydrogens is 683 g/mol. The van der Waals surface area contributed by atoms with Gasteiger partial charge in [-0.05, 0) is 66.2 Å². The summed E-state index contributed by atoms with van der Waals surface area (Å²) in [6, 6.07) is 68.1. The molecule has 0 amide bonds. The lowest BCUT2D eigenvalue weighted by atomic mass is 10.0. The second-order valence-electron chi connectivity index (χ2n) is 14.1. The number of benzene rings is 7. The second-order valence-corrected chi connectivity index (χ2v) is 14.1. The van der Waals surface area contributed by atoms with E-state index >= 15 is 0 Å². The van der Waals surface area contributed by atoms with Crippen LogP contribution in [0.5, 0.6) is 0 Å². The van der Waals surface area contributed by atoms with Crippen molar-refractivity contribution in [3.05, 3.63) is 200 Å². The molecule has 11 rings (SSSR count). The van der Waals surface area contributed by atoms with Crippen molar-refractivity contribution >= 4 is 43.7 Å². The lowest BCUT2D eigenvalue weighted by molar-refractivity contribution is 1.13. The first-order chi connectivity index (χ1) is 27.8. The van der Waals surface area contributed by atoms with E-state index in [2.05, 4.69) is 167 Å². The Morgan fingerprint density at radius 1 is 0.321 bits per heavy atom. The van der Waals surface area contributed by atoms with Gasteiger partial charge in [0.05, 0.1) is 27.9 Å². The summed E-state index contributed by atoms with van der Waals surface area (Å²) in [6.07, 6.45) is 2.01. The maximum absolute atomic E-state index is 5.20. The van der Waals surface area contributed by atoms with Crippen molar-refractivity contribution in [3.8, 4) is 56.4 Å². The second kappa shape index (κ2) is 13.0. The van der Waals surface area contributed by atoms with Gasteiger partial charge < -0.3 is 4.57 Å². The zero-order valence-corrected chi connectivity index (χ0v) is 30.3. The van der Waals surface area contributed by atoms with E-state index in [-0.39, 0.29) is 0 Å². The minimum absolute atomic E-state index is 0.673. The Bertz CT molecular complexity index is 3180. The number of pyridine rings is 1. The number of para-hydroxylation sites is 3. The zero-order chi connectivity index (χ0) is 37.0. The molecule has 7 aromatic carbocycles. The van der Waals surface area contributed by atoms with E-state index in [9.17, 15) is 0 Å². The topological polar surface area (TPSA) is 48.5 Å². The van der Waals surface area contributed by atoms with E-state index in [0.29, 0.717) is 5.82 Å². The fourth-order valence-electron chi connectivity index (χ4n) is 8.15. The molecule has 0 aliphatic carbocycles. The van der Waals surface area contributed by atoms with Crippen LogP contribution in [0.1, 0.15) is 0 Å². The summed E-state index contributed by atoms with van der Waals surface area (Å²) < 4.78 is 4.61. The van der Waals surface area contributed by atoms with Crippen LogP contribution in [0.15, 0.2) is 200 Å². The van der Waals surface area contributed by atoms with Crippen molar-refractivity contribution in [1.29, 1.82) is 0 Å². The van der Waals surface area contributed by atoms with E-state index in [1.807, 2.05) is 42.6 Å². The molecule has 0 unspecified atom stereocenters. The highest BCUT2D eigenvalue weighted by Gasteiger charge is 2.18. The van der Waals surface area contributed by atoms with E-state index in [1.54, 1.807) is 0 Å². The smallest absolute Gasteiger partial charge is 0.160 e. The molecule has 0 N–H and O–H groups in total. The summed E-state index contributed by atoms with van der Waals surface area (Å²) in [7, 11) is 0. The number of hydrogen-bond acceptors (Lipinski definition) is 3. The van der Waals surface area contributed by atoms with Crippen LogP contribution in [-0.4, -0.2) is 24.1 Å². The number of nitrogens with zero attached hydrogens (tertiary/aromatic N) is 5. The van der Waals surface area contributed by atoms with Gasteiger partial charge in [-0.3, -0.25) is 4.57 Å². The van der Waals surface area contributed by atoms with Gasteiger partial charge in [-0.25, -0.2) is 15.0 Å². The summed E-state index contributed by atoms with van der Waals surface area (Å²) in [4.78, 5) is 15.4. The van der Waals surface area contributed by atoms with Crippen molar-refractivity contribution in [3.63, 3.8) is 0 Å². The number of aromatic nitrogens is 5. The Hall–Kier alpha value is -7.63. The summed E-state index contributed by atoms with van der Waals surface area (Å²) >= 11 is 0. The molecule has 0 spiro atoms. The monoisotopic (exact) mass is 715 g/mol. The van der Waals surface area contributed by atoms with Crippen molar-refractivity contribution in [1.82, 2.24) is 24.1 Å². The van der Waals surface area contributed by atoms with Gasteiger partial charge in [-0.1, -0.05) is 133 Å². The van der Waals surface area contributed by atoms with Crippen LogP contribution in [-0.2, 0) is 0 Å². The molecule has 11 aromatic rings. The molecule has 0 fully saturated rings. The van der Waals surface area contributed by atoms with Crippen LogP contribution in [0.25, 0.3) is 100 Å². The SMILES string of the molecule is c1ccc(-c2cc(-c3ccccc3)nc(-c3cccc(-n4c5ccccc5c5cc(-c6ccc7c(c6)c6ccccc6n7-c6ccccc6)cnc54)c3)n2)cc1. The first kappa shape index (κ1) is 31.9. The molecular formula is C51H33N5. The molecule has 4 heterocycles. The van der Waals surface area contributed by atoms with Gasteiger partial charge in [-0.2, -0.15) is 0 Å². The number of rotatable bonds is 6. The summed E-state index contributed by atoms with van der Waals surface area (Å²) in [5, 5.41) is 4.70. The van der Waals surface area contributed by atoms with Crippen LogP contribution in [0, 0.1) is 0 Å². The maximum Gasteiger partial charge on any atom is 0.160 e. The molecule has 0 saturated carbocycles. The Labute approximate surface area is 323 Å². The molecule has 5 heteroatoms. The predicted octanol–water partition coefficient (Wildman–Crippen LogP) is 12.7. The van der Waals surface area contributed by atoms with E-state index in [1.165, 1.54) is 21.8 Å². The van der Waals surface area contributed by atoms with Crippen LogP contribution in [0.4, 0.5) is 0 Å². The average molecular weight is 716 g/mol. The first-order valence-corrected chi connectivity index (χ1v) is 18.9. The highest BCUT2D eigenvalue weighted by Crippen LogP contribution is 2.38. The average Bonchev–Trinajstić information content (AvgIpc) is 3.79. The fraction of sp³-hybridized carbons (Fsp3) is 0. The van der Waals surface area contributed by atoms with Gasteiger partial charge in [0.1, 0.15) is 5.65 Å². The van der Waals surface area contributed by atoms with Crippen LogP contribution in [0.3, 0.4) is 0 Å². The van der Waals surface area contributed by atoms with Crippen molar-refractivity contribution in [2.75, 3.05) is 0 Å². The molecule has 0 radical (unpaired) electrons. The summed E-state index contributed by atoms with van der Waals surface area (Å²) in [5.74, 6) is 0.673. The first-order valence-electron chi connectivity index (χ1n) is 18.9. The van der Waals surface area contributed by atoms with Gasteiger partial charge in [0, 0.05) is 61.4 Å². The number of fused-ring (bicyclic) bond motifs is 6. The van der Waals surface area contributed by atoms with E-state index in [0.717, 1.165) is 72.5 Å². The van der Waals surface area contributed by atoms with Gasteiger partial charge in [0.15, 0.2) is 5.82 Å².